The van der Waals surface area contributed by atoms with Crippen LogP contribution in [0.4, 0.5) is 5.69 Å². The summed E-state index contributed by atoms with van der Waals surface area (Å²) in [5, 5.41) is 4.45. The quantitative estimate of drug-likeness (QED) is 0.739. The van der Waals surface area contributed by atoms with E-state index in [2.05, 4.69) is 15.1 Å². The number of rotatable bonds is 2. The Morgan fingerprint density at radius 3 is 2.56 bits per heavy atom. The minimum Gasteiger partial charge on any atom is -0.396 e. The van der Waals surface area contributed by atoms with E-state index in [-0.39, 0.29) is 0 Å². The van der Waals surface area contributed by atoms with Gasteiger partial charge in [-0.1, -0.05) is 6.07 Å². The average molecular weight is 237 g/mol. The van der Waals surface area contributed by atoms with Crippen molar-refractivity contribution in [2.45, 2.75) is 0 Å². The summed E-state index contributed by atoms with van der Waals surface area (Å²) in [5.74, 6) is 0. The summed E-state index contributed by atoms with van der Waals surface area (Å²) in [7, 11) is 0. The van der Waals surface area contributed by atoms with Crippen LogP contribution in [0.1, 0.15) is 0 Å². The van der Waals surface area contributed by atoms with Crippen molar-refractivity contribution in [2.75, 3.05) is 5.73 Å². The summed E-state index contributed by atoms with van der Waals surface area (Å²) < 4.78 is 1.72. The van der Waals surface area contributed by atoms with Crippen molar-refractivity contribution in [3.05, 3.63) is 55.1 Å². The maximum atomic E-state index is 5.97. The maximum absolute atomic E-state index is 5.97. The smallest absolute Gasteiger partial charge is 0.134 e. The molecule has 3 aromatic heterocycles. The fourth-order valence-corrected chi connectivity index (χ4v) is 1.72. The number of nitrogens with zero attached hydrogens (tertiary/aromatic N) is 4. The number of hydrogen-bond donors (Lipinski definition) is 1. The molecule has 0 atom stereocenters. The fraction of sp³-hybridized carbons (Fsp3) is 0. The predicted molar refractivity (Wildman–Crippen MR) is 69.0 cm³/mol. The summed E-state index contributed by atoms with van der Waals surface area (Å²) in [6, 6.07) is 9.39. The first-order valence-corrected chi connectivity index (χ1v) is 5.51. The van der Waals surface area contributed by atoms with Crippen LogP contribution in [0, 0.1) is 0 Å². The number of aromatic nitrogens is 4. The molecular formula is C13H11N5. The Kier molecular flexibility index (Phi) is 2.49. The Morgan fingerprint density at radius 1 is 1.00 bits per heavy atom. The summed E-state index contributed by atoms with van der Waals surface area (Å²) in [5.41, 5.74) is 8.94. The topological polar surface area (TPSA) is 69.6 Å². The van der Waals surface area contributed by atoms with Crippen molar-refractivity contribution >= 4 is 5.69 Å². The highest BCUT2D eigenvalue weighted by Crippen LogP contribution is 2.23. The third-order valence-corrected chi connectivity index (χ3v) is 2.58. The van der Waals surface area contributed by atoms with Crippen LogP contribution in [0.15, 0.2) is 55.1 Å². The molecule has 0 saturated carbocycles. The zero-order valence-electron chi connectivity index (χ0n) is 9.56. The Hall–Kier alpha value is -2.69. The molecule has 0 aliphatic heterocycles. The lowest BCUT2D eigenvalue weighted by atomic mass is 10.2. The molecule has 0 radical (unpaired) electrons. The molecule has 0 fully saturated rings. The van der Waals surface area contributed by atoms with Crippen LogP contribution in [0.5, 0.6) is 0 Å². The van der Waals surface area contributed by atoms with E-state index in [1.54, 1.807) is 29.5 Å². The van der Waals surface area contributed by atoms with E-state index in [0.29, 0.717) is 11.4 Å². The second kappa shape index (κ2) is 4.29. The Labute approximate surface area is 104 Å². The second-order valence-electron chi connectivity index (χ2n) is 3.80. The molecule has 0 unspecified atom stereocenters. The highest BCUT2D eigenvalue weighted by atomic mass is 15.3. The standard InChI is InChI=1S/C13H11N5/c14-11-9-18(10-4-7-15-8-5-10)17-13(11)12-3-1-2-6-16-12/h1-9H,14H2. The summed E-state index contributed by atoms with van der Waals surface area (Å²) in [6.45, 7) is 0. The normalized spacial score (nSPS) is 10.4. The molecule has 18 heavy (non-hydrogen) atoms. The molecule has 0 aromatic carbocycles. The fourth-order valence-electron chi connectivity index (χ4n) is 1.72. The molecule has 0 spiro atoms. The van der Waals surface area contributed by atoms with Crippen LogP contribution in [0.3, 0.4) is 0 Å². The van der Waals surface area contributed by atoms with Crippen molar-refractivity contribution in [2.24, 2.45) is 0 Å². The molecule has 0 amide bonds. The van der Waals surface area contributed by atoms with Gasteiger partial charge in [0.15, 0.2) is 0 Å². The van der Waals surface area contributed by atoms with Gasteiger partial charge in [-0.2, -0.15) is 5.10 Å². The van der Waals surface area contributed by atoms with Crippen LogP contribution in [0.25, 0.3) is 17.1 Å². The number of anilines is 1. The van der Waals surface area contributed by atoms with Gasteiger partial charge in [0, 0.05) is 18.6 Å². The van der Waals surface area contributed by atoms with Gasteiger partial charge in [0.2, 0.25) is 0 Å². The number of nitrogen functional groups attached to an aromatic ring is 1. The van der Waals surface area contributed by atoms with Gasteiger partial charge >= 0.3 is 0 Å². The molecule has 3 heterocycles. The predicted octanol–water partition coefficient (Wildman–Crippen LogP) is 1.91. The summed E-state index contributed by atoms with van der Waals surface area (Å²) >= 11 is 0. The molecule has 88 valence electrons. The van der Waals surface area contributed by atoms with E-state index < -0.39 is 0 Å². The third kappa shape index (κ3) is 1.82. The number of hydrogen-bond acceptors (Lipinski definition) is 4. The van der Waals surface area contributed by atoms with Crippen LogP contribution < -0.4 is 5.73 Å². The molecule has 0 aliphatic carbocycles. The largest absolute Gasteiger partial charge is 0.396 e. The molecule has 3 rings (SSSR count). The van der Waals surface area contributed by atoms with Crippen LogP contribution in [0.2, 0.25) is 0 Å². The van der Waals surface area contributed by atoms with Gasteiger partial charge in [0.1, 0.15) is 5.69 Å². The zero-order chi connectivity index (χ0) is 12.4. The Bertz CT molecular complexity index is 646. The van der Waals surface area contributed by atoms with E-state index >= 15 is 0 Å². The van der Waals surface area contributed by atoms with Gasteiger partial charge in [0.05, 0.1) is 23.3 Å². The highest BCUT2D eigenvalue weighted by Gasteiger charge is 2.09. The minimum absolute atomic E-state index is 0.602. The Balaban J connectivity index is 2.07. The van der Waals surface area contributed by atoms with Crippen molar-refractivity contribution in [3.63, 3.8) is 0 Å². The molecule has 3 aromatic rings. The van der Waals surface area contributed by atoms with Gasteiger partial charge in [-0.05, 0) is 24.3 Å². The minimum atomic E-state index is 0.602. The van der Waals surface area contributed by atoms with Crippen LogP contribution in [-0.4, -0.2) is 19.7 Å². The first kappa shape index (κ1) is 10.5. The van der Waals surface area contributed by atoms with E-state index in [1.807, 2.05) is 30.3 Å². The van der Waals surface area contributed by atoms with Crippen molar-refractivity contribution in [1.82, 2.24) is 19.7 Å². The van der Waals surface area contributed by atoms with E-state index in [0.717, 1.165) is 11.4 Å². The van der Waals surface area contributed by atoms with Crippen LogP contribution in [-0.2, 0) is 0 Å². The van der Waals surface area contributed by atoms with Crippen LogP contribution >= 0.6 is 0 Å². The summed E-state index contributed by atoms with van der Waals surface area (Å²) in [4.78, 5) is 8.22. The average Bonchev–Trinajstić information content (AvgIpc) is 2.83. The van der Waals surface area contributed by atoms with E-state index in [1.165, 1.54) is 0 Å². The molecule has 0 bridgehead atoms. The van der Waals surface area contributed by atoms with Gasteiger partial charge < -0.3 is 5.73 Å². The highest BCUT2D eigenvalue weighted by molar-refractivity contribution is 5.69. The molecular weight excluding hydrogens is 226 g/mol. The van der Waals surface area contributed by atoms with Gasteiger partial charge in [-0.3, -0.25) is 9.97 Å². The summed E-state index contributed by atoms with van der Waals surface area (Å²) in [6.07, 6.45) is 6.93. The Morgan fingerprint density at radius 2 is 1.83 bits per heavy atom. The SMILES string of the molecule is Nc1cn(-c2ccncc2)nc1-c1ccccn1. The second-order valence-corrected chi connectivity index (χ2v) is 3.80. The van der Waals surface area contributed by atoms with E-state index in [9.17, 15) is 0 Å². The van der Waals surface area contributed by atoms with Crippen molar-refractivity contribution in [1.29, 1.82) is 0 Å². The maximum Gasteiger partial charge on any atom is 0.134 e. The molecule has 0 aliphatic rings. The first-order chi connectivity index (χ1) is 8.84. The molecule has 5 heteroatoms. The molecule has 5 nitrogen and oxygen atoms in total. The van der Waals surface area contributed by atoms with E-state index in [4.69, 9.17) is 5.73 Å². The molecule has 0 saturated heterocycles. The number of pyridine rings is 2. The van der Waals surface area contributed by atoms with Gasteiger partial charge in [-0.15, -0.1) is 0 Å². The third-order valence-electron chi connectivity index (χ3n) is 2.58. The molecule has 2 N–H and O–H groups in total. The first-order valence-electron chi connectivity index (χ1n) is 5.51. The lowest BCUT2D eigenvalue weighted by molar-refractivity contribution is 0.879. The number of nitrogens with two attached hydrogens (primary N) is 1. The monoisotopic (exact) mass is 237 g/mol. The van der Waals surface area contributed by atoms with Gasteiger partial charge in [-0.25, -0.2) is 4.68 Å². The van der Waals surface area contributed by atoms with Crippen molar-refractivity contribution < 1.29 is 0 Å². The van der Waals surface area contributed by atoms with Crippen molar-refractivity contribution in [3.8, 4) is 17.1 Å². The zero-order valence-corrected chi connectivity index (χ0v) is 9.56. The lowest BCUT2D eigenvalue weighted by Crippen LogP contribution is -1.95. The van der Waals surface area contributed by atoms with Gasteiger partial charge in [0.25, 0.3) is 0 Å². The lowest BCUT2D eigenvalue weighted by Gasteiger charge is -1.99.